The molecule has 0 saturated heterocycles. The van der Waals surface area contributed by atoms with E-state index in [0.717, 1.165) is 25.7 Å². The molecule has 0 aromatic carbocycles. The minimum absolute atomic E-state index is 0.00991. The topological polar surface area (TPSA) is 76.9 Å². The van der Waals surface area contributed by atoms with Gasteiger partial charge >= 0.3 is 0 Å². The van der Waals surface area contributed by atoms with Crippen LogP contribution in [0.4, 0.5) is 0 Å². The molecule has 6 nitrogen and oxygen atoms in total. The lowest BCUT2D eigenvalue weighted by molar-refractivity contribution is 0.0944. The lowest BCUT2D eigenvalue weighted by Gasteiger charge is -2.10. The van der Waals surface area contributed by atoms with Gasteiger partial charge in [-0.25, -0.2) is 9.97 Å². The van der Waals surface area contributed by atoms with Crippen molar-refractivity contribution in [2.75, 3.05) is 0 Å². The van der Waals surface area contributed by atoms with E-state index in [0.29, 0.717) is 11.2 Å². The van der Waals surface area contributed by atoms with Crippen molar-refractivity contribution < 1.29 is 4.79 Å². The molecule has 1 N–H and O–H groups in total. The average Bonchev–Trinajstić information content (AvgIpc) is 3.32. The van der Waals surface area contributed by atoms with Crippen LogP contribution < -0.4 is 10.9 Å². The van der Waals surface area contributed by atoms with E-state index in [1.807, 2.05) is 0 Å². The van der Waals surface area contributed by atoms with E-state index in [4.69, 9.17) is 0 Å². The van der Waals surface area contributed by atoms with Gasteiger partial charge in [0.15, 0.2) is 11.3 Å². The minimum atomic E-state index is -0.363. The first-order valence-electron chi connectivity index (χ1n) is 6.92. The summed E-state index contributed by atoms with van der Waals surface area (Å²) in [5.74, 6) is -0.363. The number of rotatable bonds is 3. The van der Waals surface area contributed by atoms with Crippen LogP contribution in [0.25, 0.3) is 11.2 Å². The zero-order valence-corrected chi connectivity index (χ0v) is 10.9. The van der Waals surface area contributed by atoms with E-state index in [2.05, 4.69) is 15.3 Å². The fourth-order valence-electron chi connectivity index (χ4n) is 2.34. The molecule has 0 spiro atoms. The summed E-state index contributed by atoms with van der Waals surface area (Å²) in [6.07, 6.45) is 5.53. The third-order valence-corrected chi connectivity index (χ3v) is 3.69. The molecule has 0 atom stereocenters. The van der Waals surface area contributed by atoms with Gasteiger partial charge in [0.2, 0.25) is 0 Å². The van der Waals surface area contributed by atoms with Gasteiger partial charge in [0.1, 0.15) is 5.52 Å². The largest absolute Gasteiger partial charge is 0.348 e. The number of aromatic nitrogens is 3. The summed E-state index contributed by atoms with van der Waals surface area (Å²) < 4.78 is 1.63. The summed E-state index contributed by atoms with van der Waals surface area (Å²) >= 11 is 0. The highest BCUT2D eigenvalue weighted by molar-refractivity contribution is 5.93. The van der Waals surface area contributed by atoms with Crippen molar-refractivity contribution in [1.82, 2.24) is 19.9 Å². The summed E-state index contributed by atoms with van der Waals surface area (Å²) in [5.41, 5.74) is 0.837. The maximum Gasteiger partial charge on any atom is 0.284 e. The Labute approximate surface area is 114 Å². The smallest absolute Gasteiger partial charge is 0.284 e. The summed E-state index contributed by atoms with van der Waals surface area (Å²) in [4.78, 5) is 33.1. The summed E-state index contributed by atoms with van der Waals surface area (Å²) in [6.45, 7) is 0. The van der Waals surface area contributed by atoms with Crippen molar-refractivity contribution in [2.45, 2.75) is 37.8 Å². The Morgan fingerprint density at radius 1 is 1.30 bits per heavy atom. The summed E-state index contributed by atoms with van der Waals surface area (Å²) in [6, 6.07) is 3.92. The van der Waals surface area contributed by atoms with Gasteiger partial charge in [-0.3, -0.25) is 14.2 Å². The van der Waals surface area contributed by atoms with Crippen LogP contribution in [0.15, 0.2) is 23.1 Å². The van der Waals surface area contributed by atoms with Crippen molar-refractivity contribution in [3.63, 3.8) is 0 Å². The van der Waals surface area contributed by atoms with Gasteiger partial charge in [0, 0.05) is 18.3 Å². The molecule has 2 aromatic heterocycles. The first-order valence-corrected chi connectivity index (χ1v) is 6.92. The molecule has 0 bridgehead atoms. The van der Waals surface area contributed by atoms with Crippen LogP contribution in [0.5, 0.6) is 0 Å². The second kappa shape index (κ2) is 4.13. The highest BCUT2D eigenvalue weighted by Gasteiger charge is 2.31. The Kier molecular flexibility index (Phi) is 2.39. The lowest BCUT2D eigenvalue weighted by atomic mass is 10.3. The molecule has 2 heterocycles. The van der Waals surface area contributed by atoms with E-state index in [9.17, 15) is 9.59 Å². The van der Waals surface area contributed by atoms with Crippen LogP contribution in [-0.2, 0) is 0 Å². The quantitative estimate of drug-likeness (QED) is 0.903. The molecule has 2 aliphatic rings. The Hall–Kier alpha value is -2.24. The molecular formula is C14H14N4O2. The molecule has 2 aromatic rings. The number of pyridine rings is 1. The zero-order valence-electron chi connectivity index (χ0n) is 10.9. The lowest BCUT2D eigenvalue weighted by Crippen LogP contribution is -2.35. The minimum Gasteiger partial charge on any atom is -0.348 e. The van der Waals surface area contributed by atoms with E-state index < -0.39 is 0 Å². The number of carbonyl (C=O) groups excluding carboxylic acids is 1. The molecule has 2 aliphatic carbocycles. The van der Waals surface area contributed by atoms with E-state index >= 15 is 0 Å². The molecule has 6 heteroatoms. The molecular weight excluding hydrogens is 256 g/mol. The number of nitrogens with one attached hydrogen (secondary N) is 1. The van der Waals surface area contributed by atoms with Crippen LogP contribution in [0.2, 0.25) is 0 Å². The average molecular weight is 270 g/mol. The third kappa shape index (κ3) is 1.88. The maximum atomic E-state index is 12.5. The molecule has 1 amide bonds. The fraction of sp³-hybridized carbons (Fsp3) is 0.429. The van der Waals surface area contributed by atoms with Gasteiger partial charge < -0.3 is 5.32 Å². The van der Waals surface area contributed by atoms with Crippen molar-refractivity contribution in [1.29, 1.82) is 0 Å². The predicted octanol–water partition coefficient (Wildman–Crippen LogP) is 1.02. The van der Waals surface area contributed by atoms with Gasteiger partial charge in [0.25, 0.3) is 11.5 Å². The highest BCUT2D eigenvalue weighted by Crippen LogP contribution is 2.35. The molecule has 2 fully saturated rings. The van der Waals surface area contributed by atoms with Crippen LogP contribution in [0.3, 0.4) is 0 Å². The van der Waals surface area contributed by atoms with Crippen LogP contribution >= 0.6 is 0 Å². The van der Waals surface area contributed by atoms with Crippen LogP contribution in [0, 0.1) is 0 Å². The van der Waals surface area contributed by atoms with E-state index in [1.165, 1.54) is 0 Å². The first kappa shape index (κ1) is 11.6. The zero-order chi connectivity index (χ0) is 13.7. The van der Waals surface area contributed by atoms with Crippen molar-refractivity contribution in [3.05, 3.63) is 34.4 Å². The maximum absolute atomic E-state index is 12.5. The Morgan fingerprint density at radius 3 is 2.80 bits per heavy atom. The van der Waals surface area contributed by atoms with Gasteiger partial charge in [0.05, 0.1) is 0 Å². The third-order valence-electron chi connectivity index (χ3n) is 3.69. The van der Waals surface area contributed by atoms with Crippen LogP contribution in [0.1, 0.15) is 42.2 Å². The molecule has 0 unspecified atom stereocenters. The Bertz CT molecular complexity index is 759. The second-order valence-corrected chi connectivity index (χ2v) is 5.46. The Balaban J connectivity index is 1.89. The molecule has 102 valence electrons. The molecule has 20 heavy (non-hydrogen) atoms. The van der Waals surface area contributed by atoms with Crippen molar-refractivity contribution in [3.8, 4) is 0 Å². The van der Waals surface area contributed by atoms with Crippen LogP contribution in [-0.4, -0.2) is 26.5 Å². The van der Waals surface area contributed by atoms with E-state index in [1.54, 1.807) is 22.9 Å². The number of amides is 1. The Morgan fingerprint density at radius 2 is 2.10 bits per heavy atom. The normalized spacial score (nSPS) is 18.2. The number of fused-ring (bicyclic) bond motifs is 1. The fourth-order valence-corrected chi connectivity index (χ4v) is 2.34. The molecule has 4 rings (SSSR count). The first-order chi connectivity index (χ1) is 9.74. The van der Waals surface area contributed by atoms with Gasteiger partial charge in [-0.1, -0.05) is 0 Å². The molecule has 2 saturated carbocycles. The number of hydrogen-bond donors (Lipinski definition) is 1. The van der Waals surface area contributed by atoms with Gasteiger partial charge in [-0.2, -0.15) is 0 Å². The number of hydrogen-bond acceptors (Lipinski definition) is 4. The standard InChI is InChI=1S/C14H14N4O2/c19-13(16-8-3-4-8)11-14(20)18(9-5-6-9)12-10(17-11)2-1-7-15-12/h1-2,7-9H,3-6H2,(H,16,19). The molecule has 0 aliphatic heterocycles. The predicted molar refractivity (Wildman–Crippen MR) is 72.6 cm³/mol. The molecule has 0 radical (unpaired) electrons. The number of carbonyl (C=O) groups is 1. The van der Waals surface area contributed by atoms with Crippen molar-refractivity contribution >= 4 is 17.1 Å². The van der Waals surface area contributed by atoms with Crippen molar-refractivity contribution in [2.24, 2.45) is 0 Å². The number of nitrogens with zero attached hydrogens (tertiary/aromatic N) is 3. The SMILES string of the molecule is O=C(NC1CC1)c1nc2cccnc2n(C2CC2)c1=O. The van der Waals surface area contributed by atoms with E-state index in [-0.39, 0.29) is 29.2 Å². The highest BCUT2D eigenvalue weighted by atomic mass is 16.2. The monoisotopic (exact) mass is 270 g/mol. The van der Waals surface area contributed by atoms with Gasteiger partial charge in [-0.15, -0.1) is 0 Å². The summed E-state index contributed by atoms with van der Waals surface area (Å²) in [7, 11) is 0. The second-order valence-electron chi connectivity index (χ2n) is 5.46. The van der Waals surface area contributed by atoms with Gasteiger partial charge in [-0.05, 0) is 37.8 Å². The summed E-state index contributed by atoms with van der Waals surface area (Å²) in [5, 5.41) is 2.83.